The maximum absolute atomic E-state index is 15.2. The molecule has 5 aliphatic heterocycles. The van der Waals surface area contributed by atoms with E-state index in [0.29, 0.717) is 57.8 Å². The summed E-state index contributed by atoms with van der Waals surface area (Å²) in [6.07, 6.45) is -34.8. The summed E-state index contributed by atoms with van der Waals surface area (Å²) in [7, 11) is 0. The molecule has 4 saturated carbocycles. The number of allylic oxidation sites excluding steroid dienone is 2. The first kappa shape index (κ1) is 68.3. The van der Waals surface area contributed by atoms with E-state index < -0.39 is 206 Å². The molecular weight excluding hydrogens is 1170 g/mol. The number of ether oxygens (including phenoxy) is 10. The van der Waals surface area contributed by atoms with Gasteiger partial charge in [-0.1, -0.05) is 53.2 Å². The lowest BCUT2D eigenvalue weighted by Crippen LogP contribution is -2.67. The highest BCUT2D eigenvalue weighted by atomic mass is 16.8. The smallest absolute Gasteiger partial charge is 0.335 e. The Morgan fingerprint density at radius 3 is 1.59 bits per heavy atom. The predicted molar refractivity (Wildman–Crippen MR) is 294 cm³/mol. The van der Waals surface area contributed by atoms with Gasteiger partial charge in [-0.25, -0.2) is 4.79 Å². The Hall–Kier alpha value is -2.57. The first-order valence-electron chi connectivity index (χ1n) is 31.1. The van der Waals surface area contributed by atoms with E-state index in [9.17, 15) is 86.2 Å². The minimum Gasteiger partial charge on any atom is -0.479 e. The number of hydrogen-bond donors (Lipinski definition) is 15. The number of rotatable bonds is 14. The van der Waals surface area contributed by atoms with E-state index in [2.05, 4.69) is 40.7 Å². The number of aliphatic carboxylic acids is 1. The van der Waals surface area contributed by atoms with Crippen molar-refractivity contribution >= 4 is 18.2 Å². The Kier molecular flexibility index (Phi) is 19.4. The summed E-state index contributed by atoms with van der Waals surface area (Å²) < 4.78 is 58.8. The summed E-state index contributed by atoms with van der Waals surface area (Å²) in [5.41, 5.74) is -2.66. The minimum absolute atomic E-state index is 0.00459. The van der Waals surface area contributed by atoms with E-state index in [1.165, 1.54) is 13.8 Å². The lowest BCUT2D eigenvalue weighted by atomic mass is 9.33. The third-order valence-electron chi connectivity index (χ3n) is 23.4. The maximum Gasteiger partial charge on any atom is 0.335 e. The fourth-order valence-corrected chi connectivity index (χ4v) is 17.8. The molecule has 28 heteroatoms. The molecule has 0 spiro atoms. The largest absolute Gasteiger partial charge is 0.479 e. The monoisotopic (exact) mass is 1260 g/mol. The highest BCUT2D eigenvalue weighted by Gasteiger charge is 2.71. The molecule has 502 valence electrons. The Balaban J connectivity index is 0.825. The van der Waals surface area contributed by atoms with Crippen molar-refractivity contribution in [3.8, 4) is 0 Å². The average Bonchev–Trinajstić information content (AvgIpc) is 0.678. The van der Waals surface area contributed by atoms with Crippen molar-refractivity contribution in [3.63, 3.8) is 0 Å². The zero-order valence-corrected chi connectivity index (χ0v) is 50.9. The molecule has 5 saturated heterocycles. The normalized spacial score (nSPS) is 54.5. The molecule has 9 fully saturated rings. The molecule has 10 rings (SSSR count). The first-order valence-corrected chi connectivity index (χ1v) is 31.1. The number of aldehydes is 1. The lowest BCUT2D eigenvalue weighted by molar-refractivity contribution is -0.373. The van der Waals surface area contributed by atoms with Gasteiger partial charge in [-0.15, -0.1) is 0 Å². The van der Waals surface area contributed by atoms with Gasteiger partial charge in [-0.3, -0.25) is 4.79 Å². The zero-order valence-electron chi connectivity index (χ0n) is 50.9. The van der Waals surface area contributed by atoms with E-state index >= 15 is 4.79 Å². The van der Waals surface area contributed by atoms with E-state index in [-0.39, 0.29) is 35.0 Å². The summed E-state index contributed by atoms with van der Waals surface area (Å²) in [4.78, 5) is 41.5. The summed E-state index contributed by atoms with van der Waals surface area (Å²) in [6.45, 7) is 14.4. The molecule has 5 heterocycles. The van der Waals surface area contributed by atoms with Crippen LogP contribution in [0, 0.1) is 50.2 Å². The summed E-state index contributed by atoms with van der Waals surface area (Å²) >= 11 is 0. The molecule has 15 N–H and O–H groups in total. The SMILES string of the molecule is CC1OC(OC2C(C)OC(OC(=O)C34CCC(C)(C)CC3C3=CCC5C6(C)CCC(OC7OC(C(=O)O)C(O)C(OC8OC(CO)C(O)C(O)C8O)C7O)C(C)(C=O)C6CCC5(C)C3(C)CC4)C(O)C2O)C(O)C(O)C1OC1OC(CO)C(O)C(O)C1O. The Labute approximate surface area is 509 Å². The van der Waals surface area contributed by atoms with Gasteiger partial charge in [0.2, 0.25) is 6.29 Å². The standard InChI is InChI=1S/C60H94O28/c1-23-45(85-51-38(70)34(66)32(64)27(20-61)81-51)36(68)40(72)49(79-23)84-44-24(2)80-50(41(73)37(44)69)88-54(78)60-17-15-55(3,4)19-26(60)25-9-10-30-56(5)13-12-31(57(6,22-63)29(56)11-14-59(30,8)58(25,7)16-18-60)83-53-43(75)46(42(74)47(87-53)48(76)77)86-52-39(71)35(67)33(65)28(21-62)82-52/h9,22-24,26-47,49-53,61-62,64-75H,10-21H2,1-8H3,(H,76,77). The van der Waals surface area contributed by atoms with Gasteiger partial charge < -0.3 is 129 Å². The fraction of sp³-hybridized carbons (Fsp3) is 0.917. The summed E-state index contributed by atoms with van der Waals surface area (Å²) in [6, 6.07) is 0. The molecular formula is C60H94O28. The average molecular weight is 1260 g/mol. The fourth-order valence-electron chi connectivity index (χ4n) is 17.8. The number of esters is 1. The quantitative estimate of drug-likeness (QED) is 0.0359. The first-order chi connectivity index (χ1) is 41.2. The maximum atomic E-state index is 15.2. The third-order valence-corrected chi connectivity index (χ3v) is 23.4. The van der Waals surface area contributed by atoms with Gasteiger partial charge >= 0.3 is 11.9 Å². The van der Waals surface area contributed by atoms with E-state index in [1.54, 1.807) is 6.92 Å². The molecule has 88 heavy (non-hydrogen) atoms. The van der Waals surface area contributed by atoms with Crippen molar-refractivity contribution in [2.24, 2.45) is 50.2 Å². The van der Waals surface area contributed by atoms with Crippen molar-refractivity contribution in [2.45, 2.75) is 279 Å². The number of carbonyl (C=O) groups is 3. The second kappa shape index (κ2) is 25.0. The highest BCUT2D eigenvalue weighted by Crippen LogP contribution is 2.76. The topological polar surface area (TPSA) is 447 Å². The number of aliphatic hydroxyl groups is 14. The van der Waals surface area contributed by atoms with Gasteiger partial charge in [0.15, 0.2) is 31.3 Å². The van der Waals surface area contributed by atoms with Crippen LogP contribution < -0.4 is 0 Å². The van der Waals surface area contributed by atoms with Crippen LogP contribution in [0.1, 0.15) is 120 Å². The molecule has 0 radical (unpaired) electrons. The highest BCUT2D eigenvalue weighted by molar-refractivity contribution is 5.79. The lowest BCUT2D eigenvalue weighted by Gasteiger charge is -2.71. The van der Waals surface area contributed by atoms with Crippen LogP contribution in [0.15, 0.2) is 11.6 Å². The van der Waals surface area contributed by atoms with E-state index in [1.807, 2.05) is 0 Å². The van der Waals surface area contributed by atoms with Crippen molar-refractivity contribution in [1.82, 2.24) is 0 Å². The van der Waals surface area contributed by atoms with Crippen LogP contribution in [0.5, 0.6) is 0 Å². The Morgan fingerprint density at radius 2 is 1.05 bits per heavy atom. The van der Waals surface area contributed by atoms with Gasteiger partial charge in [0.05, 0.1) is 42.4 Å². The number of carboxylic acid groups (broad SMARTS) is 1. The van der Waals surface area contributed by atoms with Crippen LogP contribution >= 0.6 is 0 Å². The zero-order chi connectivity index (χ0) is 64.4. The van der Waals surface area contributed by atoms with Gasteiger partial charge in [0.25, 0.3) is 0 Å². The van der Waals surface area contributed by atoms with Crippen LogP contribution in [0.2, 0.25) is 0 Å². The number of fused-ring (bicyclic) bond motifs is 7. The third kappa shape index (κ3) is 11.2. The van der Waals surface area contributed by atoms with Crippen molar-refractivity contribution in [1.29, 1.82) is 0 Å². The van der Waals surface area contributed by atoms with E-state index in [0.717, 1.165) is 11.9 Å². The molecule has 34 atom stereocenters. The molecule has 34 unspecified atom stereocenters. The van der Waals surface area contributed by atoms with Gasteiger partial charge in [0, 0.05) is 0 Å². The molecule has 28 nitrogen and oxygen atoms in total. The minimum atomic E-state index is -2.07. The molecule has 10 aliphatic rings. The second-order valence-electron chi connectivity index (χ2n) is 28.7. The van der Waals surface area contributed by atoms with Crippen LogP contribution in [-0.4, -0.2) is 268 Å². The van der Waals surface area contributed by atoms with Crippen LogP contribution in [0.25, 0.3) is 0 Å². The van der Waals surface area contributed by atoms with Crippen molar-refractivity contribution < 1.29 is 138 Å². The van der Waals surface area contributed by atoms with Crippen LogP contribution in [0.4, 0.5) is 0 Å². The van der Waals surface area contributed by atoms with Crippen LogP contribution in [0.3, 0.4) is 0 Å². The Bertz CT molecular complexity index is 2540. The number of aliphatic hydroxyl groups excluding tert-OH is 14. The van der Waals surface area contributed by atoms with E-state index in [4.69, 9.17) is 47.4 Å². The molecule has 0 aromatic rings. The van der Waals surface area contributed by atoms with Crippen molar-refractivity contribution in [3.05, 3.63) is 11.6 Å². The number of hydrogen-bond acceptors (Lipinski definition) is 27. The predicted octanol–water partition coefficient (Wildman–Crippen LogP) is -2.88. The van der Waals surface area contributed by atoms with Crippen molar-refractivity contribution in [2.75, 3.05) is 13.2 Å². The molecule has 0 amide bonds. The van der Waals surface area contributed by atoms with Gasteiger partial charge in [0.1, 0.15) is 110 Å². The molecule has 0 aromatic carbocycles. The molecule has 0 bridgehead atoms. The molecule has 5 aliphatic carbocycles. The summed E-state index contributed by atoms with van der Waals surface area (Å²) in [5.74, 6) is -2.83. The Morgan fingerprint density at radius 1 is 0.545 bits per heavy atom. The number of carbonyl (C=O) groups excluding carboxylic acids is 2. The number of carboxylic acids is 1. The summed E-state index contributed by atoms with van der Waals surface area (Å²) in [5, 5.41) is 161. The van der Waals surface area contributed by atoms with Gasteiger partial charge in [-0.2, -0.15) is 0 Å². The van der Waals surface area contributed by atoms with Crippen LogP contribution in [-0.2, 0) is 61.8 Å². The molecule has 0 aromatic heterocycles. The second-order valence-corrected chi connectivity index (χ2v) is 28.7. The van der Waals surface area contributed by atoms with Gasteiger partial charge in [-0.05, 0) is 117 Å².